The molecule has 0 saturated heterocycles. The first-order valence-electron chi connectivity index (χ1n) is 6.22. The second kappa shape index (κ2) is 3.83. The fraction of sp³-hybridized carbons (Fsp3) is 0.429. The fourth-order valence-electron chi connectivity index (χ4n) is 2.77. The Morgan fingerprint density at radius 3 is 2.67 bits per heavy atom. The molecule has 0 aromatic heterocycles. The molecule has 4 nitrogen and oxygen atoms in total. The average Bonchev–Trinajstić information content (AvgIpc) is 3.09. The molecule has 1 saturated carbocycles. The quantitative estimate of drug-likeness (QED) is 0.865. The number of hydrogen-bond donors (Lipinski definition) is 1. The SMILES string of the molecule is C[C@@H]1CN(C(=O)[C@@H]2C[C@@H]2C(=O)O)c2ccccc21. The molecule has 1 fully saturated rings. The molecule has 94 valence electrons. The van der Waals surface area contributed by atoms with E-state index in [-0.39, 0.29) is 11.8 Å². The molecule has 1 aromatic carbocycles. The Hall–Kier alpha value is -1.84. The molecule has 0 spiro atoms. The van der Waals surface area contributed by atoms with Gasteiger partial charge in [0.1, 0.15) is 0 Å². The Labute approximate surface area is 105 Å². The number of carboxylic acid groups (broad SMARTS) is 1. The topological polar surface area (TPSA) is 57.6 Å². The molecule has 18 heavy (non-hydrogen) atoms. The van der Waals surface area contributed by atoms with E-state index in [0.29, 0.717) is 18.9 Å². The Bertz CT molecular complexity index is 526. The van der Waals surface area contributed by atoms with E-state index < -0.39 is 11.9 Å². The second-order valence-electron chi connectivity index (χ2n) is 5.20. The minimum absolute atomic E-state index is 0.0285. The van der Waals surface area contributed by atoms with E-state index in [4.69, 9.17) is 5.11 Å². The number of aliphatic carboxylic acids is 1. The number of nitrogens with zero attached hydrogens (tertiary/aromatic N) is 1. The summed E-state index contributed by atoms with van der Waals surface area (Å²) in [5.74, 6) is -1.35. The van der Waals surface area contributed by atoms with Gasteiger partial charge in [-0.15, -0.1) is 0 Å². The third-order valence-corrected chi connectivity index (χ3v) is 3.91. The average molecular weight is 245 g/mol. The molecule has 1 N–H and O–H groups in total. The Morgan fingerprint density at radius 1 is 1.28 bits per heavy atom. The lowest BCUT2D eigenvalue weighted by atomic mass is 10.0. The Kier molecular flexibility index (Phi) is 2.40. The van der Waals surface area contributed by atoms with Gasteiger partial charge in [0, 0.05) is 18.2 Å². The van der Waals surface area contributed by atoms with Crippen molar-refractivity contribution in [2.45, 2.75) is 19.3 Å². The van der Waals surface area contributed by atoms with Gasteiger partial charge in [0.25, 0.3) is 0 Å². The summed E-state index contributed by atoms with van der Waals surface area (Å²) < 4.78 is 0. The number of amides is 1. The van der Waals surface area contributed by atoms with E-state index in [9.17, 15) is 9.59 Å². The monoisotopic (exact) mass is 245 g/mol. The first-order chi connectivity index (χ1) is 8.59. The zero-order valence-corrected chi connectivity index (χ0v) is 10.2. The van der Waals surface area contributed by atoms with Gasteiger partial charge in [0.05, 0.1) is 11.8 Å². The molecule has 0 radical (unpaired) electrons. The van der Waals surface area contributed by atoms with Gasteiger partial charge in [-0.3, -0.25) is 9.59 Å². The van der Waals surface area contributed by atoms with E-state index >= 15 is 0 Å². The number of fused-ring (bicyclic) bond motifs is 1. The van der Waals surface area contributed by atoms with Gasteiger partial charge in [-0.25, -0.2) is 0 Å². The van der Waals surface area contributed by atoms with Gasteiger partial charge in [0.15, 0.2) is 0 Å². The van der Waals surface area contributed by atoms with Gasteiger partial charge in [0.2, 0.25) is 5.91 Å². The molecule has 1 heterocycles. The minimum Gasteiger partial charge on any atom is -0.481 e. The van der Waals surface area contributed by atoms with Crippen molar-refractivity contribution < 1.29 is 14.7 Å². The maximum Gasteiger partial charge on any atom is 0.307 e. The molecule has 4 heteroatoms. The van der Waals surface area contributed by atoms with Crippen LogP contribution >= 0.6 is 0 Å². The van der Waals surface area contributed by atoms with Crippen LogP contribution in [0, 0.1) is 11.8 Å². The van der Waals surface area contributed by atoms with E-state index in [1.54, 1.807) is 4.90 Å². The van der Waals surface area contributed by atoms with Crippen LogP contribution in [0.5, 0.6) is 0 Å². The predicted octanol–water partition coefficient (Wildman–Crippen LogP) is 1.86. The molecule has 1 aromatic rings. The highest BCUT2D eigenvalue weighted by molar-refractivity contribution is 6.01. The standard InChI is InChI=1S/C14H15NO3/c1-8-7-15(12-5-3-2-4-9(8)12)13(16)10-6-11(10)14(17)18/h2-5,8,10-11H,6-7H2,1H3,(H,17,18)/t8-,10-,11+/m1/s1. The van der Waals surface area contributed by atoms with Crippen LogP contribution in [0.3, 0.4) is 0 Å². The van der Waals surface area contributed by atoms with Gasteiger partial charge in [-0.05, 0) is 18.1 Å². The summed E-state index contributed by atoms with van der Waals surface area (Å²) in [6.45, 7) is 2.76. The number of carboxylic acids is 1. The molecule has 1 aliphatic carbocycles. The highest BCUT2D eigenvalue weighted by atomic mass is 16.4. The van der Waals surface area contributed by atoms with Gasteiger partial charge in [-0.2, -0.15) is 0 Å². The summed E-state index contributed by atoms with van der Waals surface area (Å²) in [7, 11) is 0. The summed E-state index contributed by atoms with van der Waals surface area (Å²) in [6, 6.07) is 7.86. The van der Waals surface area contributed by atoms with Crippen molar-refractivity contribution in [2.24, 2.45) is 11.8 Å². The highest BCUT2D eigenvalue weighted by Gasteiger charge is 2.51. The molecule has 0 unspecified atom stereocenters. The lowest BCUT2D eigenvalue weighted by Crippen LogP contribution is -2.31. The van der Waals surface area contributed by atoms with Crippen molar-refractivity contribution in [3.05, 3.63) is 29.8 Å². The number of hydrogen-bond acceptors (Lipinski definition) is 2. The summed E-state index contributed by atoms with van der Waals surface area (Å²) >= 11 is 0. The molecule has 2 aliphatic rings. The zero-order chi connectivity index (χ0) is 12.9. The Morgan fingerprint density at radius 2 is 2.00 bits per heavy atom. The van der Waals surface area contributed by atoms with Crippen LogP contribution < -0.4 is 4.90 Å². The van der Waals surface area contributed by atoms with Crippen LogP contribution in [0.25, 0.3) is 0 Å². The predicted molar refractivity (Wildman–Crippen MR) is 66.4 cm³/mol. The smallest absolute Gasteiger partial charge is 0.307 e. The third-order valence-electron chi connectivity index (χ3n) is 3.91. The Balaban J connectivity index is 1.83. The van der Waals surface area contributed by atoms with Crippen LogP contribution in [-0.2, 0) is 9.59 Å². The van der Waals surface area contributed by atoms with Crippen molar-refractivity contribution in [2.75, 3.05) is 11.4 Å². The second-order valence-corrected chi connectivity index (χ2v) is 5.20. The summed E-state index contributed by atoms with van der Waals surface area (Å²) in [5.41, 5.74) is 2.13. The van der Waals surface area contributed by atoms with Gasteiger partial charge < -0.3 is 10.0 Å². The normalized spacial score (nSPS) is 28.9. The zero-order valence-electron chi connectivity index (χ0n) is 10.2. The van der Waals surface area contributed by atoms with Crippen LogP contribution in [0.2, 0.25) is 0 Å². The number of carbonyl (C=O) groups is 2. The minimum atomic E-state index is -0.853. The van der Waals surface area contributed by atoms with Gasteiger partial charge in [-0.1, -0.05) is 25.1 Å². The van der Waals surface area contributed by atoms with Gasteiger partial charge >= 0.3 is 5.97 Å². The lowest BCUT2D eigenvalue weighted by Gasteiger charge is -2.17. The van der Waals surface area contributed by atoms with Crippen LogP contribution in [0.15, 0.2) is 24.3 Å². The molecule has 3 atom stereocenters. The summed E-state index contributed by atoms with van der Waals surface area (Å²) in [6.07, 6.45) is 0.487. The summed E-state index contributed by atoms with van der Waals surface area (Å²) in [4.78, 5) is 24.9. The number of anilines is 1. The van der Waals surface area contributed by atoms with E-state index in [1.165, 1.54) is 5.56 Å². The molecule has 3 rings (SSSR count). The van der Waals surface area contributed by atoms with Crippen LogP contribution in [-0.4, -0.2) is 23.5 Å². The largest absolute Gasteiger partial charge is 0.481 e. The lowest BCUT2D eigenvalue weighted by molar-refractivity contribution is -0.140. The number of para-hydroxylation sites is 1. The van der Waals surface area contributed by atoms with E-state index in [0.717, 1.165) is 5.69 Å². The van der Waals surface area contributed by atoms with E-state index in [2.05, 4.69) is 6.92 Å². The third kappa shape index (κ3) is 1.60. The van der Waals surface area contributed by atoms with E-state index in [1.807, 2.05) is 24.3 Å². The molecule has 1 amide bonds. The number of carbonyl (C=O) groups excluding carboxylic acids is 1. The van der Waals surface area contributed by atoms with Crippen LogP contribution in [0.1, 0.15) is 24.8 Å². The van der Waals surface area contributed by atoms with Crippen molar-refractivity contribution in [1.82, 2.24) is 0 Å². The molecule has 1 aliphatic heterocycles. The highest BCUT2D eigenvalue weighted by Crippen LogP contribution is 2.44. The molecular weight excluding hydrogens is 230 g/mol. The first kappa shape index (κ1) is 11.3. The number of benzene rings is 1. The fourth-order valence-corrected chi connectivity index (χ4v) is 2.77. The maximum absolute atomic E-state index is 12.3. The molecule has 0 bridgehead atoms. The summed E-state index contributed by atoms with van der Waals surface area (Å²) in [5, 5.41) is 8.89. The van der Waals surface area contributed by atoms with Crippen molar-refractivity contribution in [1.29, 1.82) is 0 Å². The maximum atomic E-state index is 12.3. The molecular formula is C14H15NO3. The van der Waals surface area contributed by atoms with Crippen molar-refractivity contribution >= 4 is 17.6 Å². The number of rotatable bonds is 2. The first-order valence-corrected chi connectivity index (χ1v) is 6.22. The van der Waals surface area contributed by atoms with Crippen LogP contribution in [0.4, 0.5) is 5.69 Å². The van der Waals surface area contributed by atoms with Crippen molar-refractivity contribution in [3.8, 4) is 0 Å². The van der Waals surface area contributed by atoms with Crippen molar-refractivity contribution in [3.63, 3.8) is 0 Å².